The van der Waals surface area contributed by atoms with E-state index >= 15 is 0 Å². The molecular formula is C18H26N6O2. The van der Waals surface area contributed by atoms with E-state index in [9.17, 15) is 9.59 Å². The van der Waals surface area contributed by atoms with Gasteiger partial charge in [-0.15, -0.1) is 0 Å². The largest absolute Gasteiger partial charge is 0.350 e. The van der Waals surface area contributed by atoms with Crippen molar-refractivity contribution in [3.8, 4) is 0 Å². The predicted molar refractivity (Wildman–Crippen MR) is 96.8 cm³/mol. The maximum Gasteiger partial charge on any atom is 0.222 e. The van der Waals surface area contributed by atoms with Gasteiger partial charge in [-0.3, -0.25) is 19.0 Å². The van der Waals surface area contributed by atoms with Crippen LogP contribution in [0.15, 0.2) is 6.07 Å². The summed E-state index contributed by atoms with van der Waals surface area (Å²) in [4.78, 5) is 24.1. The average molecular weight is 358 g/mol. The van der Waals surface area contributed by atoms with Gasteiger partial charge in [0.2, 0.25) is 5.91 Å². The third-order valence-corrected chi connectivity index (χ3v) is 4.76. The number of nitrogens with one attached hydrogen (secondary N) is 2. The second-order valence-corrected chi connectivity index (χ2v) is 6.90. The number of aryl methyl sites for hydroxylation is 1. The normalized spacial score (nSPS) is 14.8. The Labute approximate surface area is 152 Å². The summed E-state index contributed by atoms with van der Waals surface area (Å²) in [5.74, 6) is -0.0559. The molecule has 0 saturated heterocycles. The molecule has 1 aliphatic heterocycles. The molecule has 3 heterocycles. The lowest BCUT2D eigenvalue weighted by Gasteiger charge is -2.14. The summed E-state index contributed by atoms with van der Waals surface area (Å²) in [5.41, 5.74) is 4.18. The molecule has 0 radical (unpaired) electrons. The average Bonchev–Trinajstić information content (AvgIpc) is 3.13. The summed E-state index contributed by atoms with van der Waals surface area (Å²) >= 11 is 0. The minimum Gasteiger partial charge on any atom is -0.350 e. The van der Waals surface area contributed by atoms with E-state index in [2.05, 4.69) is 20.8 Å². The van der Waals surface area contributed by atoms with Crippen LogP contribution >= 0.6 is 0 Å². The number of fused-ring (bicyclic) bond motifs is 1. The number of Topliss-reactive ketones (excluding diaryl/α,β-unsaturated/α-hetero) is 1. The quantitative estimate of drug-likeness (QED) is 0.759. The number of amides is 1. The first-order valence-corrected chi connectivity index (χ1v) is 8.96. The van der Waals surface area contributed by atoms with Crippen molar-refractivity contribution in [2.45, 2.75) is 59.8 Å². The van der Waals surface area contributed by atoms with E-state index in [0.29, 0.717) is 24.2 Å². The lowest BCUT2D eigenvalue weighted by molar-refractivity contribution is -0.122. The van der Waals surface area contributed by atoms with Crippen molar-refractivity contribution in [1.29, 1.82) is 0 Å². The van der Waals surface area contributed by atoms with Crippen LogP contribution in [0.5, 0.6) is 0 Å². The molecule has 8 nitrogen and oxygen atoms in total. The molecule has 0 saturated carbocycles. The highest BCUT2D eigenvalue weighted by Crippen LogP contribution is 2.20. The molecule has 26 heavy (non-hydrogen) atoms. The Morgan fingerprint density at radius 2 is 2.12 bits per heavy atom. The Morgan fingerprint density at radius 1 is 1.35 bits per heavy atom. The summed E-state index contributed by atoms with van der Waals surface area (Å²) in [6.45, 7) is 10.2. The zero-order valence-corrected chi connectivity index (χ0v) is 15.8. The van der Waals surface area contributed by atoms with Gasteiger partial charge < -0.3 is 10.6 Å². The summed E-state index contributed by atoms with van der Waals surface area (Å²) in [6.07, 6.45) is 0.300. The highest BCUT2D eigenvalue weighted by molar-refractivity contribution is 5.96. The van der Waals surface area contributed by atoms with Gasteiger partial charge in [0.1, 0.15) is 0 Å². The van der Waals surface area contributed by atoms with Crippen LogP contribution < -0.4 is 10.6 Å². The van der Waals surface area contributed by atoms with Gasteiger partial charge in [0.25, 0.3) is 0 Å². The molecule has 140 valence electrons. The van der Waals surface area contributed by atoms with E-state index in [1.165, 1.54) is 0 Å². The van der Waals surface area contributed by atoms with Crippen molar-refractivity contribution in [1.82, 2.24) is 30.2 Å². The van der Waals surface area contributed by atoms with E-state index in [4.69, 9.17) is 0 Å². The highest BCUT2D eigenvalue weighted by Gasteiger charge is 2.20. The van der Waals surface area contributed by atoms with Crippen molar-refractivity contribution < 1.29 is 9.59 Å². The van der Waals surface area contributed by atoms with Crippen LogP contribution in [0.3, 0.4) is 0 Å². The van der Waals surface area contributed by atoms with Gasteiger partial charge in [-0.2, -0.15) is 10.2 Å². The van der Waals surface area contributed by atoms with E-state index < -0.39 is 0 Å². The van der Waals surface area contributed by atoms with Crippen LogP contribution in [0.25, 0.3) is 0 Å². The maximum atomic E-state index is 12.3. The first kappa shape index (κ1) is 18.3. The Bertz CT molecular complexity index is 812. The summed E-state index contributed by atoms with van der Waals surface area (Å²) < 4.78 is 3.76. The van der Waals surface area contributed by atoms with Gasteiger partial charge in [0.15, 0.2) is 5.78 Å². The van der Waals surface area contributed by atoms with Crippen LogP contribution in [0, 0.1) is 13.8 Å². The van der Waals surface area contributed by atoms with Crippen molar-refractivity contribution in [3.63, 3.8) is 0 Å². The Morgan fingerprint density at radius 3 is 2.77 bits per heavy atom. The molecule has 0 aromatic carbocycles. The molecule has 1 aliphatic rings. The molecule has 2 aromatic rings. The van der Waals surface area contributed by atoms with Crippen LogP contribution in [-0.4, -0.2) is 37.8 Å². The Kier molecular flexibility index (Phi) is 5.22. The van der Waals surface area contributed by atoms with E-state index in [1.807, 2.05) is 31.5 Å². The summed E-state index contributed by atoms with van der Waals surface area (Å²) in [7, 11) is 0. The number of hydrogen-bond acceptors (Lipinski definition) is 5. The van der Waals surface area contributed by atoms with Gasteiger partial charge in [-0.05, 0) is 33.8 Å². The number of hydrogen-bond donors (Lipinski definition) is 2. The molecular weight excluding hydrogens is 332 g/mol. The van der Waals surface area contributed by atoms with E-state index in [1.54, 1.807) is 11.6 Å². The SMILES string of the molecule is CC(=O)c1c(C)nn(C(C)CC(=O)NCc2cc3n(n2)CCNC3)c1C. The number of carbonyl (C=O) groups excluding carboxylic acids is 2. The monoisotopic (exact) mass is 358 g/mol. The molecule has 0 aliphatic carbocycles. The van der Waals surface area contributed by atoms with Gasteiger partial charge in [0.05, 0.1) is 41.8 Å². The zero-order valence-electron chi connectivity index (χ0n) is 15.8. The van der Waals surface area contributed by atoms with Gasteiger partial charge >= 0.3 is 0 Å². The number of carbonyl (C=O) groups is 2. The standard InChI is InChI=1S/C18H26N6O2/c1-11(24-13(3)18(14(4)25)12(2)21-24)7-17(26)20-9-15-8-16-10-19-5-6-23(16)22-15/h8,11,19H,5-7,9-10H2,1-4H3,(H,20,26). The van der Waals surface area contributed by atoms with E-state index in [0.717, 1.165) is 36.7 Å². The fourth-order valence-electron chi connectivity index (χ4n) is 3.56. The van der Waals surface area contributed by atoms with Gasteiger partial charge in [-0.25, -0.2) is 0 Å². The molecule has 2 aromatic heterocycles. The van der Waals surface area contributed by atoms with Crippen LogP contribution in [0.2, 0.25) is 0 Å². The molecule has 1 unspecified atom stereocenters. The molecule has 0 spiro atoms. The molecule has 0 fully saturated rings. The van der Waals surface area contributed by atoms with E-state index in [-0.39, 0.29) is 17.7 Å². The second kappa shape index (κ2) is 7.41. The second-order valence-electron chi connectivity index (χ2n) is 6.90. The molecule has 1 atom stereocenters. The van der Waals surface area contributed by atoms with Crippen molar-refractivity contribution in [3.05, 3.63) is 34.4 Å². The minimum atomic E-state index is -0.124. The predicted octanol–water partition coefficient (Wildman–Crippen LogP) is 1.27. The number of nitrogens with zero attached hydrogens (tertiary/aromatic N) is 4. The van der Waals surface area contributed by atoms with Crippen LogP contribution in [0.4, 0.5) is 0 Å². The highest BCUT2D eigenvalue weighted by atomic mass is 16.1. The minimum absolute atomic E-state index is 0.00106. The van der Waals surface area contributed by atoms with Crippen molar-refractivity contribution in [2.24, 2.45) is 0 Å². The zero-order chi connectivity index (χ0) is 18.8. The Hall–Kier alpha value is -2.48. The third-order valence-electron chi connectivity index (χ3n) is 4.76. The first-order chi connectivity index (χ1) is 12.4. The van der Waals surface area contributed by atoms with Crippen molar-refractivity contribution >= 4 is 11.7 Å². The molecule has 1 amide bonds. The third kappa shape index (κ3) is 3.70. The smallest absolute Gasteiger partial charge is 0.222 e. The molecule has 3 rings (SSSR count). The van der Waals surface area contributed by atoms with Crippen LogP contribution in [-0.2, 0) is 24.4 Å². The summed E-state index contributed by atoms with van der Waals surface area (Å²) in [6, 6.07) is 1.90. The molecule has 0 bridgehead atoms. The van der Waals surface area contributed by atoms with Crippen LogP contribution in [0.1, 0.15) is 59.4 Å². The lowest BCUT2D eigenvalue weighted by Crippen LogP contribution is -2.28. The number of ketones is 1. The first-order valence-electron chi connectivity index (χ1n) is 8.96. The Balaban J connectivity index is 1.59. The van der Waals surface area contributed by atoms with Gasteiger partial charge in [0, 0.05) is 25.2 Å². The fraction of sp³-hybridized carbons (Fsp3) is 0.556. The summed E-state index contributed by atoms with van der Waals surface area (Å²) in [5, 5.41) is 15.2. The number of rotatable bonds is 6. The maximum absolute atomic E-state index is 12.3. The number of aromatic nitrogens is 4. The van der Waals surface area contributed by atoms with Gasteiger partial charge in [-0.1, -0.05) is 0 Å². The fourth-order valence-corrected chi connectivity index (χ4v) is 3.56. The van der Waals surface area contributed by atoms with Crippen molar-refractivity contribution in [2.75, 3.05) is 6.54 Å². The lowest BCUT2D eigenvalue weighted by atomic mass is 10.1. The topological polar surface area (TPSA) is 93.8 Å². The molecule has 2 N–H and O–H groups in total. The molecule has 8 heteroatoms.